The van der Waals surface area contributed by atoms with E-state index in [9.17, 15) is 19.1 Å². The number of carbonyl (C=O) groups excluding carboxylic acids is 2. The predicted octanol–water partition coefficient (Wildman–Crippen LogP) is 6.36. The second kappa shape index (κ2) is 8.86. The van der Waals surface area contributed by atoms with Gasteiger partial charge in [0.2, 0.25) is 5.78 Å². The minimum atomic E-state index is -1.04. The molecule has 0 unspecified atom stereocenters. The highest BCUT2D eigenvalue weighted by molar-refractivity contribution is 7.22. The van der Waals surface area contributed by atoms with Gasteiger partial charge in [-0.25, -0.2) is 9.37 Å². The van der Waals surface area contributed by atoms with Crippen LogP contribution >= 0.6 is 11.3 Å². The second-order valence-corrected chi connectivity index (χ2v) is 9.44. The van der Waals surface area contributed by atoms with Crippen LogP contribution in [0.25, 0.3) is 21.2 Å². The SMILES string of the molecule is CCOc1ccc2nc(N3C(=O)C(O)=C(C(=O)c4cc5ccccc5o4)[C@@H]3c3ccc(F)cc3)sc2c1. The summed E-state index contributed by atoms with van der Waals surface area (Å²) in [5.41, 5.74) is 1.41. The molecule has 0 saturated heterocycles. The van der Waals surface area contributed by atoms with E-state index in [1.54, 1.807) is 36.4 Å². The topological polar surface area (TPSA) is 92.9 Å². The number of anilines is 1. The molecule has 0 spiro atoms. The van der Waals surface area contributed by atoms with Gasteiger partial charge in [-0.1, -0.05) is 41.7 Å². The lowest BCUT2D eigenvalue weighted by molar-refractivity contribution is -0.117. The number of carbonyl (C=O) groups is 2. The summed E-state index contributed by atoms with van der Waals surface area (Å²) in [6.45, 7) is 2.38. The number of thiazole rings is 1. The molecule has 184 valence electrons. The van der Waals surface area contributed by atoms with Crippen molar-refractivity contribution in [2.45, 2.75) is 13.0 Å². The number of nitrogens with zero attached hydrogens (tertiary/aromatic N) is 2. The molecule has 37 heavy (non-hydrogen) atoms. The van der Waals surface area contributed by atoms with Crippen molar-refractivity contribution in [2.24, 2.45) is 0 Å². The number of hydrogen-bond donors (Lipinski definition) is 1. The Hall–Kier alpha value is -4.50. The number of ketones is 1. The molecule has 2 aromatic heterocycles. The molecular formula is C28H19FN2O5S. The van der Waals surface area contributed by atoms with Crippen LogP contribution in [0.15, 0.2) is 88.5 Å². The number of fused-ring (bicyclic) bond motifs is 2. The average Bonchev–Trinajstić information content (AvgIpc) is 3.58. The first-order valence-corrected chi connectivity index (χ1v) is 12.3. The van der Waals surface area contributed by atoms with Gasteiger partial charge in [0, 0.05) is 5.39 Å². The van der Waals surface area contributed by atoms with Gasteiger partial charge in [0.05, 0.1) is 28.4 Å². The predicted molar refractivity (Wildman–Crippen MR) is 138 cm³/mol. The number of halogens is 1. The number of aliphatic hydroxyl groups is 1. The van der Waals surface area contributed by atoms with Crippen LogP contribution in [0, 0.1) is 5.82 Å². The lowest BCUT2D eigenvalue weighted by Crippen LogP contribution is -2.30. The standard InChI is InChI=1S/C28H19FN2O5S/c1-2-35-18-11-12-19-22(14-18)37-28(30-19)31-24(15-7-9-17(29)10-8-15)23(26(33)27(31)34)25(32)21-13-16-5-3-4-6-20(16)36-21/h3-14,24,33H,2H2,1H3/t24-/m0/s1. The Kier molecular flexibility index (Phi) is 5.49. The first kappa shape index (κ1) is 22.9. The largest absolute Gasteiger partial charge is 0.503 e. The van der Waals surface area contributed by atoms with Crippen LogP contribution in [0.3, 0.4) is 0 Å². The number of para-hydroxylation sites is 1. The van der Waals surface area contributed by atoms with Crippen LogP contribution < -0.4 is 9.64 Å². The number of rotatable bonds is 6. The fraction of sp³-hybridized carbons (Fsp3) is 0.107. The Labute approximate surface area is 214 Å². The quantitative estimate of drug-likeness (QED) is 0.265. The van der Waals surface area contributed by atoms with E-state index in [0.717, 1.165) is 4.70 Å². The number of hydrogen-bond acceptors (Lipinski definition) is 7. The molecule has 0 saturated carbocycles. The minimum Gasteiger partial charge on any atom is -0.503 e. The number of furan rings is 1. The van der Waals surface area contributed by atoms with E-state index in [2.05, 4.69) is 4.98 Å². The van der Waals surface area contributed by atoms with Gasteiger partial charge in [-0.2, -0.15) is 0 Å². The number of Topliss-reactive ketones (excluding diaryl/α,β-unsaturated/α-hetero) is 1. The molecule has 0 aliphatic carbocycles. The lowest BCUT2D eigenvalue weighted by atomic mass is 9.95. The zero-order chi connectivity index (χ0) is 25.7. The first-order chi connectivity index (χ1) is 17.9. The second-order valence-electron chi connectivity index (χ2n) is 8.43. The van der Waals surface area contributed by atoms with Crippen molar-refractivity contribution >= 4 is 49.3 Å². The minimum absolute atomic E-state index is 0.0184. The fourth-order valence-electron chi connectivity index (χ4n) is 4.47. The van der Waals surface area contributed by atoms with Crippen molar-refractivity contribution in [3.8, 4) is 5.75 Å². The molecular weight excluding hydrogens is 495 g/mol. The van der Waals surface area contributed by atoms with Gasteiger partial charge in [-0.3, -0.25) is 14.5 Å². The molecule has 6 rings (SSSR count). The van der Waals surface area contributed by atoms with Crippen LogP contribution in [0.4, 0.5) is 9.52 Å². The van der Waals surface area contributed by atoms with Gasteiger partial charge < -0.3 is 14.3 Å². The monoisotopic (exact) mass is 514 g/mol. The van der Waals surface area contributed by atoms with E-state index in [4.69, 9.17) is 9.15 Å². The Morgan fingerprint density at radius 2 is 1.92 bits per heavy atom. The summed E-state index contributed by atoms with van der Waals surface area (Å²) in [6, 6.07) is 18.5. The number of aliphatic hydroxyl groups excluding tert-OH is 1. The molecule has 9 heteroatoms. The van der Waals surface area contributed by atoms with Crippen LogP contribution in [0.5, 0.6) is 5.75 Å². The Morgan fingerprint density at radius 3 is 2.68 bits per heavy atom. The van der Waals surface area contributed by atoms with Crippen molar-refractivity contribution < 1.29 is 28.2 Å². The Morgan fingerprint density at radius 1 is 1.14 bits per heavy atom. The molecule has 1 aliphatic heterocycles. The molecule has 3 heterocycles. The highest BCUT2D eigenvalue weighted by Gasteiger charge is 2.46. The number of aromatic nitrogens is 1. The summed E-state index contributed by atoms with van der Waals surface area (Å²) < 4.78 is 25.9. The molecule has 1 amide bonds. The fourth-order valence-corrected chi connectivity index (χ4v) is 5.49. The van der Waals surface area contributed by atoms with E-state index < -0.39 is 29.3 Å². The molecule has 1 atom stereocenters. The molecule has 5 aromatic rings. The van der Waals surface area contributed by atoms with Crippen molar-refractivity contribution in [3.05, 3.63) is 101 Å². The smallest absolute Gasteiger partial charge is 0.296 e. The Balaban J connectivity index is 1.48. The molecule has 1 N–H and O–H groups in total. The van der Waals surface area contributed by atoms with E-state index in [-0.39, 0.29) is 16.5 Å². The van der Waals surface area contributed by atoms with E-state index >= 15 is 0 Å². The van der Waals surface area contributed by atoms with Gasteiger partial charge in [0.15, 0.2) is 16.7 Å². The summed E-state index contributed by atoms with van der Waals surface area (Å²) >= 11 is 1.22. The zero-order valence-electron chi connectivity index (χ0n) is 19.5. The zero-order valence-corrected chi connectivity index (χ0v) is 20.3. The third-order valence-corrected chi connectivity index (χ3v) is 7.17. The maximum absolute atomic E-state index is 13.8. The average molecular weight is 515 g/mol. The van der Waals surface area contributed by atoms with Gasteiger partial charge >= 0.3 is 0 Å². The highest BCUT2D eigenvalue weighted by atomic mass is 32.1. The Bertz CT molecular complexity index is 1690. The van der Waals surface area contributed by atoms with Gasteiger partial charge in [0.1, 0.15) is 17.1 Å². The number of amides is 1. The highest BCUT2D eigenvalue weighted by Crippen LogP contribution is 2.44. The molecule has 3 aromatic carbocycles. The molecule has 0 radical (unpaired) electrons. The summed E-state index contributed by atoms with van der Waals surface area (Å²) in [5.74, 6) is -1.95. The van der Waals surface area contributed by atoms with Gasteiger partial charge in [0.25, 0.3) is 5.91 Å². The summed E-state index contributed by atoms with van der Waals surface area (Å²) in [7, 11) is 0. The number of benzene rings is 3. The maximum atomic E-state index is 13.8. The van der Waals surface area contributed by atoms with E-state index in [0.29, 0.717) is 34.4 Å². The number of ether oxygens (including phenoxy) is 1. The van der Waals surface area contributed by atoms with Crippen molar-refractivity contribution in [1.29, 1.82) is 0 Å². The van der Waals surface area contributed by atoms with Gasteiger partial charge in [-0.15, -0.1) is 0 Å². The molecule has 1 aliphatic rings. The van der Waals surface area contributed by atoms with Crippen molar-refractivity contribution in [1.82, 2.24) is 4.98 Å². The van der Waals surface area contributed by atoms with Crippen molar-refractivity contribution in [2.75, 3.05) is 11.5 Å². The van der Waals surface area contributed by atoms with E-state index in [1.807, 2.05) is 19.1 Å². The molecule has 0 fully saturated rings. The molecule has 0 bridgehead atoms. The van der Waals surface area contributed by atoms with Crippen molar-refractivity contribution in [3.63, 3.8) is 0 Å². The third-order valence-electron chi connectivity index (χ3n) is 6.15. The maximum Gasteiger partial charge on any atom is 0.296 e. The first-order valence-electron chi connectivity index (χ1n) is 11.5. The van der Waals surface area contributed by atoms with Crippen LogP contribution in [0.1, 0.15) is 29.1 Å². The molecule has 7 nitrogen and oxygen atoms in total. The summed E-state index contributed by atoms with van der Waals surface area (Å²) in [6.07, 6.45) is 0. The van der Waals surface area contributed by atoms with Crippen LogP contribution in [-0.2, 0) is 4.79 Å². The van der Waals surface area contributed by atoms with Gasteiger partial charge in [-0.05, 0) is 55.0 Å². The summed E-state index contributed by atoms with van der Waals surface area (Å²) in [4.78, 5) is 33.0. The van der Waals surface area contributed by atoms with E-state index in [1.165, 1.54) is 40.5 Å². The normalized spacial score (nSPS) is 15.8. The third kappa shape index (κ3) is 3.84. The lowest BCUT2D eigenvalue weighted by Gasteiger charge is -2.24. The summed E-state index contributed by atoms with van der Waals surface area (Å²) in [5, 5.41) is 12.0. The van der Waals surface area contributed by atoms with Crippen LogP contribution in [0.2, 0.25) is 0 Å². The van der Waals surface area contributed by atoms with Crippen LogP contribution in [-0.4, -0.2) is 28.4 Å².